The highest BCUT2D eigenvalue weighted by atomic mass is 16.6. The number of carbonyl (C=O) groups is 3. The molecule has 0 aliphatic carbocycles. The number of carbonyl (C=O) groups excluding carboxylic acids is 3. The number of benzene rings is 2. The minimum absolute atomic E-state index is 0.0826. The average molecular weight is 604 g/mol. The van der Waals surface area contributed by atoms with E-state index in [0.29, 0.717) is 56.5 Å². The standard InChI is InChI=1S/C32H37N5O7/c1-32(2,3)44-30(39)34-14-15-41-24-9-5-8-23(17-24)22-7-4-6-21(16-22)18-33-13-12-25-20-37(31(40)42-25)27-11-10-26-29(36-27)43-28(38)19-35-26/h4-11,16-17,25,33,35H,12-15,18-20H2,1-3H3,(H,34,39)/t25-/m0/s1. The fraction of sp³-hybridized carbons (Fsp3) is 0.375. The van der Waals surface area contributed by atoms with Crippen LogP contribution in [-0.4, -0.2) is 67.6 Å². The number of pyridine rings is 1. The van der Waals surface area contributed by atoms with Crippen LogP contribution in [0, 0.1) is 0 Å². The van der Waals surface area contributed by atoms with Gasteiger partial charge in [0.15, 0.2) is 0 Å². The molecule has 2 aliphatic heterocycles. The lowest BCUT2D eigenvalue weighted by Crippen LogP contribution is -2.34. The molecule has 1 saturated heterocycles. The first kappa shape index (κ1) is 30.6. The second kappa shape index (κ2) is 13.6. The Hall–Kier alpha value is -4.84. The molecule has 44 heavy (non-hydrogen) atoms. The van der Waals surface area contributed by atoms with Crippen molar-refractivity contribution in [3.8, 4) is 22.8 Å². The second-order valence-corrected chi connectivity index (χ2v) is 11.4. The van der Waals surface area contributed by atoms with Gasteiger partial charge in [-0.05, 0) is 80.8 Å². The van der Waals surface area contributed by atoms with E-state index in [0.717, 1.165) is 16.7 Å². The van der Waals surface area contributed by atoms with Crippen LogP contribution < -0.4 is 30.3 Å². The maximum Gasteiger partial charge on any atom is 0.415 e. The molecule has 3 N–H and O–H groups in total. The summed E-state index contributed by atoms with van der Waals surface area (Å²) >= 11 is 0. The number of ether oxygens (including phenoxy) is 4. The number of esters is 1. The smallest absolute Gasteiger partial charge is 0.415 e. The van der Waals surface area contributed by atoms with Crippen LogP contribution in [0.25, 0.3) is 11.1 Å². The number of hydrogen-bond acceptors (Lipinski definition) is 10. The van der Waals surface area contributed by atoms with Crippen molar-refractivity contribution >= 4 is 29.7 Å². The van der Waals surface area contributed by atoms with Crippen LogP contribution in [0.2, 0.25) is 0 Å². The minimum atomic E-state index is -0.545. The number of rotatable bonds is 11. The first-order chi connectivity index (χ1) is 21.1. The zero-order valence-corrected chi connectivity index (χ0v) is 25.1. The largest absolute Gasteiger partial charge is 0.492 e. The zero-order valence-electron chi connectivity index (χ0n) is 25.1. The molecule has 12 heteroatoms. The van der Waals surface area contributed by atoms with Crippen LogP contribution in [0.1, 0.15) is 32.8 Å². The van der Waals surface area contributed by atoms with Crippen LogP contribution in [0.15, 0.2) is 60.7 Å². The third-order valence-corrected chi connectivity index (χ3v) is 6.74. The topological polar surface area (TPSA) is 140 Å². The number of alkyl carbamates (subject to hydrolysis) is 1. The van der Waals surface area contributed by atoms with E-state index in [9.17, 15) is 14.4 Å². The molecule has 1 aromatic heterocycles. The lowest BCUT2D eigenvalue weighted by molar-refractivity contribution is -0.133. The number of fused-ring (bicyclic) bond motifs is 1. The van der Waals surface area contributed by atoms with Gasteiger partial charge in [0.2, 0.25) is 5.88 Å². The summed E-state index contributed by atoms with van der Waals surface area (Å²) in [5, 5.41) is 9.05. The van der Waals surface area contributed by atoms with Gasteiger partial charge in [-0.25, -0.2) is 14.4 Å². The highest BCUT2D eigenvalue weighted by molar-refractivity contribution is 5.89. The van der Waals surface area contributed by atoms with E-state index in [1.807, 2.05) is 57.2 Å². The first-order valence-electron chi connectivity index (χ1n) is 14.6. The normalized spacial score (nSPS) is 16.0. The van der Waals surface area contributed by atoms with E-state index in [1.165, 1.54) is 4.90 Å². The van der Waals surface area contributed by atoms with E-state index < -0.39 is 23.8 Å². The van der Waals surface area contributed by atoms with Gasteiger partial charge in [-0.15, -0.1) is 0 Å². The van der Waals surface area contributed by atoms with E-state index in [2.05, 4.69) is 33.1 Å². The molecule has 3 aromatic rings. The molecule has 2 amide bonds. The van der Waals surface area contributed by atoms with Crippen LogP contribution in [0.4, 0.5) is 21.1 Å². The summed E-state index contributed by atoms with van der Waals surface area (Å²) in [5.74, 6) is 0.820. The Morgan fingerprint density at radius 3 is 2.68 bits per heavy atom. The third kappa shape index (κ3) is 8.38. The number of amides is 2. The maximum absolute atomic E-state index is 12.5. The molecule has 2 aliphatic rings. The molecule has 0 radical (unpaired) electrons. The summed E-state index contributed by atoms with van der Waals surface area (Å²) in [5.41, 5.74) is 3.25. The van der Waals surface area contributed by atoms with Crippen molar-refractivity contribution in [3.05, 3.63) is 66.2 Å². The molecule has 0 unspecified atom stereocenters. The van der Waals surface area contributed by atoms with Crippen molar-refractivity contribution in [2.24, 2.45) is 0 Å². The Morgan fingerprint density at radius 2 is 1.86 bits per heavy atom. The fourth-order valence-electron chi connectivity index (χ4n) is 4.72. The molecule has 12 nitrogen and oxygen atoms in total. The molecule has 232 valence electrons. The summed E-state index contributed by atoms with van der Waals surface area (Å²) < 4.78 is 21.8. The summed E-state index contributed by atoms with van der Waals surface area (Å²) in [4.78, 5) is 41.6. The molecule has 1 fully saturated rings. The fourth-order valence-corrected chi connectivity index (χ4v) is 4.72. The molecule has 0 saturated carbocycles. The third-order valence-electron chi connectivity index (χ3n) is 6.74. The van der Waals surface area contributed by atoms with E-state index in [1.54, 1.807) is 12.1 Å². The van der Waals surface area contributed by atoms with Gasteiger partial charge >= 0.3 is 18.2 Å². The van der Waals surface area contributed by atoms with Crippen molar-refractivity contribution in [1.82, 2.24) is 15.6 Å². The van der Waals surface area contributed by atoms with Crippen molar-refractivity contribution in [2.45, 2.75) is 45.4 Å². The van der Waals surface area contributed by atoms with Crippen LogP contribution in [0.3, 0.4) is 0 Å². The number of nitrogens with zero attached hydrogens (tertiary/aromatic N) is 2. The monoisotopic (exact) mass is 603 g/mol. The van der Waals surface area contributed by atoms with Gasteiger partial charge in [0.05, 0.1) is 18.8 Å². The van der Waals surface area contributed by atoms with Gasteiger partial charge in [0.1, 0.15) is 36.4 Å². The Morgan fingerprint density at radius 1 is 1.07 bits per heavy atom. The Kier molecular flexibility index (Phi) is 9.49. The Balaban J connectivity index is 1.06. The van der Waals surface area contributed by atoms with Crippen LogP contribution in [-0.2, 0) is 20.8 Å². The minimum Gasteiger partial charge on any atom is -0.492 e. The second-order valence-electron chi connectivity index (χ2n) is 11.4. The Bertz CT molecular complexity index is 1510. The Labute approximate surface area is 256 Å². The lowest BCUT2D eigenvalue weighted by Gasteiger charge is -2.19. The molecule has 0 spiro atoms. The molecule has 1 atom stereocenters. The van der Waals surface area contributed by atoms with Crippen molar-refractivity contribution in [3.63, 3.8) is 0 Å². The van der Waals surface area contributed by atoms with E-state index in [4.69, 9.17) is 18.9 Å². The van der Waals surface area contributed by atoms with Crippen molar-refractivity contribution in [1.29, 1.82) is 0 Å². The summed E-state index contributed by atoms with van der Waals surface area (Å²) in [6.45, 7) is 7.84. The number of cyclic esters (lactones) is 1. The summed E-state index contributed by atoms with van der Waals surface area (Å²) in [6.07, 6.45) is -0.606. The number of hydrogen-bond donors (Lipinski definition) is 3. The average Bonchev–Trinajstić information content (AvgIpc) is 3.36. The first-order valence-corrected chi connectivity index (χ1v) is 14.6. The van der Waals surface area contributed by atoms with E-state index in [-0.39, 0.29) is 18.5 Å². The van der Waals surface area contributed by atoms with Crippen LogP contribution >= 0.6 is 0 Å². The SMILES string of the molecule is CC(C)(C)OC(=O)NCCOc1cccc(-c2cccc(CNCC[C@H]3CN(c4ccc5c(n4)OC(=O)CN5)C(=O)O3)c2)c1. The van der Waals surface area contributed by atoms with Gasteiger partial charge in [0, 0.05) is 6.54 Å². The molecular formula is C32H37N5O7. The predicted octanol–water partition coefficient (Wildman–Crippen LogP) is 4.49. The molecular weight excluding hydrogens is 566 g/mol. The highest BCUT2D eigenvalue weighted by Crippen LogP contribution is 2.30. The molecule has 3 heterocycles. The van der Waals surface area contributed by atoms with Gasteiger partial charge in [0.25, 0.3) is 0 Å². The zero-order chi connectivity index (χ0) is 31.1. The molecule has 5 rings (SSSR count). The van der Waals surface area contributed by atoms with Gasteiger partial charge in [-0.3, -0.25) is 4.90 Å². The maximum atomic E-state index is 12.5. The number of nitrogens with one attached hydrogen (secondary N) is 3. The predicted molar refractivity (Wildman–Crippen MR) is 164 cm³/mol. The van der Waals surface area contributed by atoms with Crippen molar-refractivity contribution < 1.29 is 33.3 Å². The van der Waals surface area contributed by atoms with Gasteiger partial charge in [-0.2, -0.15) is 4.98 Å². The summed E-state index contributed by atoms with van der Waals surface area (Å²) in [7, 11) is 0. The number of anilines is 2. The molecule has 0 bridgehead atoms. The van der Waals surface area contributed by atoms with E-state index >= 15 is 0 Å². The quantitative estimate of drug-likeness (QED) is 0.212. The van der Waals surface area contributed by atoms with Crippen molar-refractivity contribution in [2.75, 3.05) is 43.0 Å². The van der Waals surface area contributed by atoms with Gasteiger partial charge < -0.3 is 34.9 Å². The van der Waals surface area contributed by atoms with Gasteiger partial charge in [-0.1, -0.05) is 30.3 Å². The lowest BCUT2D eigenvalue weighted by atomic mass is 10.0. The van der Waals surface area contributed by atoms with Crippen LogP contribution in [0.5, 0.6) is 11.6 Å². The highest BCUT2D eigenvalue weighted by Gasteiger charge is 2.33. The molecule has 2 aromatic carbocycles. The number of aromatic nitrogens is 1. The summed E-state index contributed by atoms with van der Waals surface area (Å²) in [6, 6.07) is 19.5.